The molecule has 2 heterocycles. The molecule has 0 N–H and O–H groups in total. The van der Waals surface area contributed by atoms with Crippen molar-refractivity contribution < 1.29 is 9.72 Å². The third kappa shape index (κ3) is 1.75. The monoisotopic (exact) mass is 272 g/mol. The SMILES string of the molecule is CN1Cc2c(cc(-c3cnn(C)c3)cc2[N+](=O)[O-])C1=O. The third-order valence-corrected chi connectivity index (χ3v) is 3.43. The lowest BCUT2D eigenvalue weighted by molar-refractivity contribution is -0.385. The van der Waals surface area contributed by atoms with Crippen LogP contribution in [-0.2, 0) is 13.6 Å². The molecular weight excluding hydrogens is 260 g/mol. The number of nitrogens with zero attached hydrogens (tertiary/aromatic N) is 4. The van der Waals surface area contributed by atoms with Crippen LogP contribution in [0.4, 0.5) is 5.69 Å². The van der Waals surface area contributed by atoms with Gasteiger partial charge in [0, 0.05) is 31.9 Å². The lowest BCUT2D eigenvalue weighted by Crippen LogP contribution is -2.17. The Labute approximate surface area is 114 Å². The Morgan fingerprint density at radius 1 is 1.30 bits per heavy atom. The van der Waals surface area contributed by atoms with E-state index in [1.807, 2.05) is 0 Å². The standard InChI is InChI=1S/C13H12N4O3/c1-15-7-11-10(13(15)18)3-8(4-12(11)17(19)20)9-5-14-16(2)6-9/h3-6H,7H2,1-2H3. The lowest BCUT2D eigenvalue weighted by atomic mass is 10.0. The Kier molecular flexibility index (Phi) is 2.56. The Morgan fingerprint density at radius 3 is 2.65 bits per heavy atom. The average molecular weight is 272 g/mol. The molecule has 7 heteroatoms. The number of nitro groups is 1. The summed E-state index contributed by atoms with van der Waals surface area (Å²) >= 11 is 0. The predicted molar refractivity (Wildman–Crippen MR) is 71.1 cm³/mol. The molecule has 1 aliphatic rings. The van der Waals surface area contributed by atoms with E-state index in [9.17, 15) is 14.9 Å². The molecule has 0 spiro atoms. The summed E-state index contributed by atoms with van der Waals surface area (Å²) in [6, 6.07) is 3.20. The molecule has 0 saturated carbocycles. The maximum atomic E-state index is 12.0. The van der Waals surface area contributed by atoms with Crippen LogP contribution in [-0.4, -0.2) is 32.6 Å². The molecule has 1 amide bonds. The number of carbonyl (C=O) groups excluding carboxylic acids is 1. The zero-order valence-electron chi connectivity index (χ0n) is 11.0. The number of aromatic nitrogens is 2. The van der Waals surface area contributed by atoms with Gasteiger partial charge in [-0.1, -0.05) is 0 Å². The van der Waals surface area contributed by atoms with Gasteiger partial charge in [0.15, 0.2) is 0 Å². The Hall–Kier alpha value is -2.70. The highest BCUT2D eigenvalue weighted by Gasteiger charge is 2.32. The van der Waals surface area contributed by atoms with Crippen LogP contribution in [0.5, 0.6) is 0 Å². The number of amides is 1. The van der Waals surface area contributed by atoms with Crippen LogP contribution in [0.25, 0.3) is 11.1 Å². The quantitative estimate of drug-likeness (QED) is 0.614. The van der Waals surface area contributed by atoms with E-state index in [2.05, 4.69) is 5.10 Å². The normalized spacial score (nSPS) is 13.7. The Morgan fingerprint density at radius 2 is 2.05 bits per heavy atom. The number of aryl methyl sites for hydroxylation is 1. The number of fused-ring (bicyclic) bond motifs is 1. The highest BCUT2D eigenvalue weighted by molar-refractivity contribution is 6.00. The van der Waals surface area contributed by atoms with Crippen molar-refractivity contribution in [2.24, 2.45) is 7.05 Å². The summed E-state index contributed by atoms with van der Waals surface area (Å²) in [7, 11) is 3.40. The first-order chi connectivity index (χ1) is 9.47. The lowest BCUT2D eigenvalue weighted by Gasteiger charge is -2.04. The van der Waals surface area contributed by atoms with Crippen LogP contribution in [0.2, 0.25) is 0 Å². The smallest absolute Gasteiger partial charge is 0.275 e. The number of rotatable bonds is 2. The number of hydrogen-bond acceptors (Lipinski definition) is 4. The molecule has 7 nitrogen and oxygen atoms in total. The minimum atomic E-state index is -0.439. The van der Waals surface area contributed by atoms with Crippen LogP contribution in [0.1, 0.15) is 15.9 Å². The van der Waals surface area contributed by atoms with Crippen LogP contribution in [0.3, 0.4) is 0 Å². The Balaban J connectivity index is 2.22. The molecule has 0 radical (unpaired) electrons. The topological polar surface area (TPSA) is 81.3 Å². The minimum absolute atomic E-state index is 0.0148. The molecule has 1 aliphatic heterocycles. The molecule has 0 aliphatic carbocycles. The molecule has 1 aromatic heterocycles. The number of carbonyl (C=O) groups is 1. The van der Waals surface area contributed by atoms with Gasteiger partial charge < -0.3 is 4.90 Å². The molecular formula is C13H12N4O3. The molecule has 102 valence electrons. The van der Waals surface area contributed by atoms with Gasteiger partial charge in [0.25, 0.3) is 11.6 Å². The largest absolute Gasteiger partial charge is 0.337 e. The Bertz CT molecular complexity index is 735. The van der Waals surface area contributed by atoms with Gasteiger partial charge in [-0.05, 0) is 11.6 Å². The van der Waals surface area contributed by atoms with E-state index < -0.39 is 4.92 Å². The van der Waals surface area contributed by atoms with E-state index in [0.29, 0.717) is 16.7 Å². The zero-order chi connectivity index (χ0) is 14.4. The van der Waals surface area contributed by atoms with Crippen LogP contribution in [0.15, 0.2) is 24.5 Å². The van der Waals surface area contributed by atoms with Crippen molar-refractivity contribution in [3.05, 3.63) is 45.8 Å². The minimum Gasteiger partial charge on any atom is -0.337 e. The fourth-order valence-corrected chi connectivity index (χ4v) is 2.43. The summed E-state index contributed by atoms with van der Waals surface area (Å²) < 4.78 is 1.61. The van der Waals surface area contributed by atoms with Gasteiger partial charge in [0.2, 0.25) is 0 Å². The van der Waals surface area contributed by atoms with Gasteiger partial charge in [0.05, 0.1) is 28.8 Å². The van der Waals surface area contributed by atoms with E-state index in [1.54, 1.807) is 37.2 Å². The van der Waals surface area contributed by atoms with Gasteiger partial charge >= 0.3 is 0 Å². The summed E-state index contributed by atoms with van der Waals surface area (Å²) in [5, 5.41) is 15.3. The van der Waals surface area contributed by atoms with E-state index in [4.69, 9.17) is 0 Å². The molecule has 0 unspecified atom stereocenters. The van der Waals surface area contributed by atoms with E-state index in [0.717, 1.165) is 5.56 Å². The summed E-state index contributed by atoms with van der Waals surface area (Å²) in [5.41, 5.74) is 2.25. The fourth-order valence-electron chi connectivity index (χ4n) is 2.43. The summed E-state index contributed by atoms with van der Waals surface area (Å²) in [5.74, 6) is -0.186. The first kappa shape index (κ1) is 12.3. The maximum Gasteiger partial charge on any atom is 0.275 e. The van der Waals surface area contributed by atoms with Gasteiger partial charge in [0.1, 0.15) is 0 Å². The van der Waals surface area contributed by atoms with Gasteiger partial charge in [-0.2, -0.15) is 5.10 Å². The summed E-state index contributed by atoms with van der Waals surface area (Å²) in [4.78, 5) is 24.3. The number of benzene rings is 1. The van der Waals surface area contributed by atoms with Crippen molar-refractivity contribution in [3.63, 3.8) is 0 Å². The molecule has 0 bridgehead atoms. The van der Waals surface area contributed by atoms with Crippen molar-refractivity contribution in [1.29, 1.82) is 0 Å². The van der Waals surface area contributed by atoms with E-state index in [1.165, 1.54) is 11.0 Å². The van der Waals surface area contributed by atoms with Gasteiger partial charge in [-0.25, -0.2) is 0 Å². The third-order valence-electron chi connectivity index (χ3n) is 3.43. The summed E-state index contributed by atoms with van der Waals surface area (Å²) in [6.07, 6.45) is 3.38. The first-order valence-electron chi connectivity index (χ1n) is 6.03. The maximum absolute atomic E-state index is 12.0. The van der Waals surface area contributed by atoms with Crippen LogP contribution in [0, 0.1) is 10.1 Å². The molecule has 0 saturated heterocycles. The summed E-state index contributed by atoms with van der Waals surface area (Å²) in [6.45, 7) is 0.276. The van der Waals surface area contributed by atoms with Crippen LogP contribution < -0.4 is 0 Å². The number of nitro benzene ring substituents is 1. The zero-order valence-corrected chi connectivity index (χ0v) is 11.0. The molecule has 2 aromatic rings. The van der Waals surface area contributed by atoms with Gasteiger partial charge in [-0.3, -0.25) is 19.6 Å². The predicted octanol–water partition coefficient (Wildman–Crippen LogP) is 1.58. The molecule has 0 fully saturated rings. The van der Waals surface area contributed by atoms with Gasteiger partial charge in [-0.15, -0.1) is 0 Å². The second kappa shape index (κ2) is 4.16. The van der Waals surface area contributed by atoms with Crippen molar-refractivity contribution in [2.45, 2.75) is 6.54 Å². The fraction of sp³-hybridized carbons (Fsp3) is 0.231. The second-order valence-corrected chi connectivity index (χ2v) is 4.84. The molecule has 3 rings (SSSR count). The highest BCUT2D eigenvalue weighted by Crippen LogP contribution is 2.35. The van der Waals surface area contributed by atoms with E-state index in [-0.39, 0.29) is 18.1 Å². The van der Waals surface area contributed by atoms with Crippen molar-refractivity contribution in [1.82, 2.24) is 14.7 Å². The molecule has 20 heavy (non-hydrogen) atoms. The highest BCUT2D eigenvalue weighted by atomic mass is 16.6. The van der Waals surface area contributed by atoms with Crippen molar-refractivity contribution in [3.8, 4) is 11.1 Å². The van der Waals surface area contributed by atoms with Crippen molar-refractivity contribution in [2.75, 3.05) is 7.05 Å². The molecule has 0 atom stereocenters. The van der Waals surface area contributed by atoms with Crippen LogP contribution >= 0.6 is 0 Å². The van der Waals surface area contributed by atoms with Crippen molar-refractivity contribution >= 4 is 11.6 Å². The second-order valence-electron chi connectivity index (χ2n) is 4.84. The average Bonchev–Trinajstić information content (AvgIpc) is 2.94. The first-order valence-corrected chi connectivity index (χ1v) is 6.03. The van der Waals surface area contributed by atoms with E-state index >= 15 is 0 Å². The number of hydrogen-bond donors (Lipinski definition) is 0. The molecule has 1 aromatic carbocycles.